The van der Waals surface area contributed by atoms with Crippen LogP contribution in [-0.2, 0) is 0 Å². The molecule has 2 aromatic carbocycles. The van der Waals surface area contributed by atoms with Gasteiger partial charge in [-0.2, -0.15) is 0 Å². The van der Waals surface area contributed by atoms with Crippen LogP contribution in [0.2, 0.25) is 0 Å². The first kappa shape index (κ1) is 15.6. The number of ether oxygens (including phenoxy) is 1. The van der Waals surface area contributed by atoms with Gasteiger partial charge in [0.05, 0.1) is 7.11 Å². The summed E-state index contributed by atoms with van der Waals surface area (Å²) in [6.07, 6.45) is 0. The second-order valence-electron chi connectivity index (χ2n) is 4.83. The van der Waals surface area contributed by atoms with Gasteiger partial charge in [0, 0.05) is 11.6 Å². The van der Waals surface area contributed by atoms with Crippen molar-refractivity contribution < 1.29 is 23.4 Å². The van der Waals surface area contributed by atoms with E-state index < -0.39 is 23.3 Å². The normalized spacial score (nSPS) is 10.6. The third kappa shape index (κ3) is 2.69. The predicted molar refractivity (Wildman–Crippen MR) is 80.2 cm³/mol. The number of hydrogen-bond acceptors (Lipinski definition) is 4. The summed E-state index contributed by atoms with van der Waals surface area (Å²) in [5.74, 6) is -2.64. The highest BCUT2D eigenvalue weighted by Crippen LogP contribution is 2.30. The molecule has 0 aliphatic rings. The number of aromatic nitrogens is 3. The van der Waals surface area contributed by atoms with Crippen LogP contribution >= 0.6 is 0 Å². The van der Waals surface area contributed by atoms with Crippen molar-refractivity contribution in [2.75, 3.05) is 7.11 Å². The molecule has 0 radical (unpaired) electrons. The highest BCUT2D eigenvalue weighted by molar-refractivity contribution is 5.93. The highest BCUT2D eigenvalue weighted by Gasteiger charge is 2.23. The van der Waals surface area contributed by atoms with Crippen molar-refractivity contribution in [1.82, 2.24) is 15.0 Å². The summed E-state index contributed by atoms with van der Waals surface area (Å²) in [5.41, 5.74) is -0.0863. The summed E-state index contributed by atoms with van der Waals surface area (Å²) in [6, 6.07) is 9.40. The third-order valence-electron chi connectivity index (χ3n) is 3.32. The molecule has 1 N–H and O–H groups in total. The average molecular weight is 331 g/mol. The maximum atomic E-state index is 13.6. The van der Waals surface area contributed by atoms with Crippen LogP contribution in [-0.4, -0.2) is 33.2 Å². The summed E-state index contributed by atoms with van der Waals surface area (Å²) in [4.78, 5) is 11.4. The zero-order chi connectivity index (χ0) is 17.3. The molecule has 0 amide bonds. The fourth-order valence-electron chi connectivity index (χ4n) is 2.35. The van der Waals surface area contributed by atoms with Gasteiger partial charge in [-0.05, 0) is 24.3 Å². The lowest BCUT2D eigenvalue weighted by atomic mass is 10.1. The molecule has 0 fully saturated rings. The van der Waals surface area contributed by atoms with Crippen LogP contribution in [0.5, 0.6) is 5.75 Å². The van der Waals surface area contributed by atoms with E-state index in [0.717, 1.165) is 12.1 Å². The Morgan fingerprint density at radius 3 is 2.46 bits per heavy atom. The van der Waals surface area contributed by atoms with Gasteiger partial charge in [-0.15, -0.1) is 5.10 Å². The minimum atomic E-state index is -1.36. The van der Waals surface area contributed by atoms with E-state index in [0.29, 0.717) is 17.5 Å². The van der Waals surface area contributed by atoms with Gasteiger partial charge in [0.25, 0.3) is 0 Å². The molecule has 122 valence electrons. The molecular weight excluding hydrogens is 320 g/mol. The molecule has 24 heavy (non-hydrogen) atoms. The molecule has 0 spiro atoms. The number of hydrogen-bond donors (Lipinski definition) is 1. The maximum Gasteiger partial charge on any atom is 0.358 e. The van der Waals surface area contributed by atoms with Gasteiger partial charge in [0.1, 0.15) is 28.8 Å². The van der Waals surface area contributed by atoms with E-state index in [1.807, 2.05) is 0 Å². The van der Waals surface area contributed by atoms with Crippen LogP contribution in [0.1, 0.15) is 10.5 Å². The molecule has 0 bridgehead atoms. The van der Waals surface area contributed by atoms with E-state index in [2.05, 4.69) is 10.3 Å². The average Bonchev–Trinajstić information content (AvgIpc) is 2.99. The van der Waals surface area contributed by atoms with Crippen LogP contribution in [0.15, 0.2) is 42.5 Å². The van der Waals surface area contributed by atoms with Crippen LogP contribution in [0, 0.1) is 11.6 Å². The summed E-state index contributed by atoms with van der Waals surface area (Å²) in [5, 5.41) is 16.7. The lowest BCUT2D eigenvalue weighted by Crippen LogP contribution is -2.05. The molecule has 0 aliphatic heterocycles. The number of carboxylic acids is 1. The van der Waals surface area contributed by atoms with Gasteiger partial charge in [0.2, 0.25) is 0 Å². The Morgan fingerprint density at radius 1 is 1.17 bits per heavy atom. The Kier molecular flexibility index (Phi) is 3.95. The van der Waals surface area contributed by atoms with Gasteiger partial charge in [-0.25, -0.2) is 18.3 Å². The number of rotatable bonds is 4. The number of halogens is 2. The van der Waals surface area contributed by atoms with Crippen molar-refractivity contribution in [3.63, 3.8) is 0 Å². The molecule has 8 heteroatoms. The van der Waals surface area contributed by atoms with Crippen LogP contribution in [0.4, 0.5) is 8.78 Å². The first-order valence-electron chi connectivity index (χ1n) is 6.80. The van der Waals surface area contributed by atoms with Crippen LogP contribution in [0.3, 0.4) is 0 Å². The Morgan fingerprint density at radius 2 is 1.83 bits per heavy atom. The third-order valence-corrected chi connectivity index (χ3v) is 3.32. The molecule has 0 atom stereocenters. The topological polar surface area (TPSA) is 77.2 Å². The van der Waals surface area contributed by atoms with Gasteiger partial charge in [0.15, 0.2) is 5.69 Å². The van der Waals surface area contributed by atoms with Crippen molar-refractivity contribution in [3.8, 4) is 22.7 Å². The number of benzene rings is 2. The molecule has 0 aliphatic carbocycles. The second-order valence-corrected chi connectivity index (χ2v) is 4.83. The second kappa shape index (κ2) is 6.07. The van der Waals surface area contributed by atoms with Crippen LogP contribution in [0.25, 0.3) is 16.9 Å². The van der Waals surface area contributed by atoms with Crippen molar-refractivity contribution in [2.45, 2.75) is 0 Å². The standard InChI is InChI=1S/C16H11F2N3O3/c1-24-13-5-3-2-4-12(13)21-15(14(16(22)23)19-20-21)9-6-10(17)8-11(18)7-9/h2-8H,1H3,(H,22,23). The Bertz CT molecular complexity index is 904. The van der Waals surface area contributed by atoms with Crippen molar-refractivity contribution in [2.24, 2.45) is 0 Å². The molecule has 3 aromatic rings. The molecule has 6 nitrogen and oxygen atoms in total. The number of aromatic carboxylic acids is 1. The van der Waals surface area contributed by atoms with Crippen molar-refractivity contribution in [1.29, 1.82) is 0 Å². The molecule has 1 heterocycles. The molecular formula is C16H11F2N3O3. The summed E-state index contributed by atoms with van der Waals surface area (Å²) >= 11 is 0. The maximum absolute atomic E-state index is 13.6. The summed E-state index contributed by atoms with van der Waals surface area (Å²) < 4.78 is 33.5. The largest absolute Gasteiger partial charge is 0.494 e. The SMILES string of the molecule is COc1ccccc1-n1nnc(C(=O)O)c1-c1cc(F)cc(F)c1. The first-order chi connectivity index (χ1) is 11.5. The Balaban J connectivity index is 2.31. The van der Waals surface area contributed by atoms with E-state index in [9.17, 15) is 18.7 Å². The van der Waals surface area contributed by atoms with Crippen molar-refractivity contribution >= 4 is 5.97 Å². The van der Waals surface area contributed by atoms with Gasteiger partial charge in [-0.3, -0.25) is 0 Å². The molecule has 0 saturated carbocycles. The van der Waals surface area contributed by atoms with Gasteiger partial charge >= 0.3 is 5.97 Å². The zero-order valence-corrected chi connectivity index (χ0v) is 12.4. The number of carbonyl (C=O) groups is 1. The number of nitrogens with zero attached hydrogens (tertiary/aromatic N) is 3. The lowest BCUT2D eigenvalue weighted by molar-refractivity contribution is 0.0691. The monoisotopic (exact) mass is 331 g/mol. The predicted octanol–water partition coefficient (Wildman–Crippen LogP) is 2.92. The minimum absolute atomic E-state index is 0.000746. The first-order valence-corrected chi connectivity index (χ1v) is 6.80. The van der Waals surface area contributed by atoms with E-state index in [1.54, 1.807) is 24.3 Å². The minimum Gasteiger partial charge on any atom is -0.494 e. The number of para-hydroxylation sites is 2. The molecule has 0 unspecified atom stereocenters. The Hall–Kier alpha value is -3.29. The van der Waals surface area contributed by atoms with E-state index in [1.165, 1.54) is 11.8 Å². The number of methoxy groups -OCH3 is 1. The van der Waals surface area contributed by atoms with Crippen molar-refractivity contribution in [3.05, 3.63) is 59.8 Å². The lowest BCUT2D eigenvalue weighted by Gasteiger charge is -2.11. The molecule has 1 aromatic heterocycles. The molecule has 0 saturated heterocycles. The fourth-order valence-corrected chi connectivity index (χ4v) is 2.35. The van der Waals surface area contributed by atoms with E-state index in [4.69, 9.17) is 4.74 Å². The smallest absolute Gasteiger partial charge is 0.358 e. The van der Waals surface area contributed by atoms with E-state index >= 15 is 0 Å². The Labute approximate surface area is 134 Å². The fraction of sp³-hybridized carbons (Fsp3) is 0.0625. The highest BCUT2D eigenvalue weighted by atomic mass is 19.1. The quantitative estimate of drug-likeness (QED) is 0.795. The zero-order valence-electron chi connectivity index (χ0n) is 12.4. The molecule has 3 rings (SSSR count). The van der Waals surface area contributed by atoms with Crippen LogP contribution < -0.4 is 4.74 Å². The van der Waals surface area contributed by atoms with Gasteiger partial charge in [-0.1, -0.05) is 17.3 Å². The summed E-state index contributed by atoms with van der Waals surface area (Å²) in [7, 11) is 1.44. The number of carboxylic acid groups (broad SMARTS) is 1. The summed E-state index contributed by atoms with van der Waals surface area (Å²) in [6.45, 7) is 0. The van der Waals surface area contributed by atoms with Gasteiger partial charge < -0.3 is 9.84 Å². The van der Waals surface area contributed by atoms with E-state index in [-0.39, 0.29) is 11.3 Å².